The molecule has 0 radical (unpaired) electrons. The van der Waals surface area contributed by atoms with Crippen molar-refractivity contribution in [3.05, 3.63) is 28.8 Å². The lowest BCUT2D eigenvalue weighted by molar-refractivity contribution is -0.893. The summed E-state index contributed by atoms with van der Waals surface area (Å²) >= 11 is 7.76. The van der Waals surface area contributed by atoms with E-state index in [0.717, 1.165) is 36.6 Å². The topological polar surface area (TPSA) is 33.5 Å². The number of quaternary nitrogens is 1. The Morgan fingerprint density at radius 1 is 1.33 bits per heavy atom. The van der Waals surface area contributed by atoms with Crippen LogP contribution in [0.4, 0.5) is 5.69 Å². The molecule has 1 amide bonds. The summed E-state index contributed by atoms with van der Waals surface area (Å²) in [7, 11) is 0. The highest BCUT2D eigenvalue weighted by Gasteiger charge is 2.09. The zero-order chi connectivity index (χ0) is 15.0. The second-order valence-corrected chi connectivity index (χ2v) is 6.25. The van der Waals surface area contributed by atoms with Gasteiger partial charge in [-0.15, -0.1) is 11.8 Å². The number of hydrogen-bond acceptors (Lipinski definition) is 2. The highest BCUT2D eigenvalue weighted by molar-refractivity contribution is 7.99. The maximum Gasteiger partial charge on any atom is 0.234 e. The van der Waals surface area contributed by atoms with E-state index in [1.807, 2.05) is 19.1 Å². The lowest BCUT2D eigenvalue weighted by Crippen LogP contribution is -3.11. The molecule has 0 unspecified atom stereocenters. The van der Waals surface area contributed by atoms with Gasteiger partial charge in [-0.2, -0.15) is 0 Å². The third-order valence-electron chi connectivity index (χ3n) is 3.32. The minimum Gasteiger partial charge on any atom is -1.00 e. The molecule has 0 aliphatic rings. The monoisotopic (exact) mass is 350 g/mol. The summed E-state index contributed by atoms with van der Waals surface area (Å²) in [4.78, 5) is 13.5. The predicted octanol–water partition coefficient (Wildman–Crippen LogP) is -0.751. The third kappa shape index (κ3) is 7.41. The van der Waals surface area contributed by atoms with Crippen LogP contribution in [0, 0.1) is 6.92 Å². The van der Waals surface area contributed by atoms with Crippen molar-refractivity contribution in [1.29, 1.82) is 0 Å². The molecule has 21 heavy (non-hydrogen) atoms. The Bertz CT molecular complexity index is 419. The maximum absolute atomic E-state index is 11.9. The Morgan fingerprint density at radius 2 is 2.00 bits per heavy atom. The lowest BCUT2D eigenvalue weighted by atomic mass is 10.2. The van der Waals surface area contributed by atoms with E-state index in [-0.39, 0.29) is 18.3 Å². The van der Waals surface area contributed by atoms with Gasteiger partial charge in [-0.25, -0.2) is 0 Å². The molecule has 1 aromatic carbocycles. The second kappa shape index (κ2) is 11.2. The molecule has 0 aliphatic heterocycles. The molecule has 1 rings (SSSR count). The Hall–Kier alpha value is -0.420. The van der Waals surface area contributed by atoms with Gasteiger partial charge in [0.25, 0.3) is 0 Å². The maximum atomic E-state index is 11.9. The number of para-hydroxylation sites is 1. The molecule has 0 aliphatic carbocycles. The number of carbonyl (C=O) groups excluding carboxylic acids is 1. The number of halogens is 2. The first-order valence-electron chi connectivity index (χ1n) is 7.04. The summed E-state index contributed by atoms with van der Waals surface area (Å²) in [5.41, 5.74) is 1.72. The van der Waals surface area contributed by atoms with E-state index in [1.54, 1.807) is 22.7 Å². The summed E-state index contributed by atoms with van der Waals surface area (Å²) in [6, 6.07) is 5.62. The van der Waals surface area contributed by atoms with Crippen LogP contribution in [0.1, 0.15) is 19.4 Å². The van der Waals surface area contributed by atoms with Gasteiger partial charge in [-0.1, -0.05) is 23.7 Å². The van der Waals surface area contributed by atoms with Crippen molar-refractivity contribution >= 4 is 35.0 Å². The molecule has 0 bridgehead atoms. The number of hydrogen-bond donors (Lipinski definition) is 2. The van der Waals surface area contributed by atoms with Gasteiger partial charge >= 0.3 is 0 Å². The number of anilines is 1. The van der Waals surface area contributed by atoms with E-state index >= 15 is 0 Å². The summed E-state index contributed by atoms with van der Waals surface area (Å²) in [5, 5.41) is 3.49. The van der Waals surface area contributed by atoms with E-state index in [9.17, 15) is 4.79 Å². The average Bonchev–Trinajstić information content (AvgIpc) is 2.43. The minimum atomic E-state index is 0. The molecular weight excluding hydrogens is 327 g/mol. The first-order valence-corrected chi connectivity index (χ1v) is 8.58. The van der Waals surface area contributed by atoms with Crippen LogP contribution in [0.2, 0.25) is 5.02 Å². The first-order chi connectivity index (χ1) is 9.58. The van der Waals surface area contributed by atoms with Crippen LogP contribution in [-0.4, -0.2) is 37.0 Å². The van der Waals surface area contributed by atoms with Crippen molar-refractivity contribution in [3.8, 4) is 0 Å². The van der Waals surface area contributed by atoms with Crippen molar-refractivity contribution in [2.24, 2.45) is 0 Å². The van der Waals surface area contributed by atoms with Gasteiger partial charge in [0.2, 0.25) is 5.91 Å². The van der Waals surface area contributed by atoms with E-state index in [0.29, 0.717) is 10.8 Å². The van der Waals surface area contributed by atoms with Gasteiger partial charge in [0, 0.05) is 5.75 Å². The van der Waals surface area contributed by atoms with Crippen molar-refractivity contribution in [2.45, 2.75) is 20.8 Å². The number of carbonyl (C=O) groups is 1. The van der Waals surface area contributed by atoms with Crippen molar-refractivity contribution in [3.63, 3.8) is 0 Å². The molecule has 0 atom stereocenters. The molecule has 0 fully saturated rings. The van der Waals surface area contributed by atoms with Crippen LogP contribution in [0.15, 0.2) is 18.2 Å². The van der Waals surface area contributed by atoms with Crippen molar-refractivity contribution < 1.29 is 22.1 Å². The van der Waals surface area contributed by atoms with E-state index in [2.05, 4.69) is 19.2 Å². The average molecular weight is 351 g/mol. The first kappa shape index (κ1) is 20.6. The van der Waals surface area contributed by atoms with Gasteiger partial charge in [0.05, 0.1) is 36.1 Å². The molecule has 6 heteroatoms. The van der Waals surface area contributed by atoms with E-state index < -0.39 is 0 Å². The number of amides is 1. The van der Waals surface area contributed by atoms with Crippen LogP contribution in [0.3, 0.4) is 0 Å². The molecule has 0 spiro atoms. The highest BCUT2D eigenvalue weighted by Crippen LogP contribution is 2.25. The molecule has 3 nitrogen and oxygen atoms in total. The summed E-state index contributed by atoms with van der Waals surface area (Å²) in [6.07, 6.45) is 0. The number of thioether (sulfide) groups is 1. The molecule has 2 N–H and O–H groups in total. The van der Waals surface area contributed by atoms with E-state index in [1.165, 1.54) is 0 Å². The predicted molar refractivity (Wildman–Crippen MR) is 89.1 cm³/mol. The Labute approximate surface area is 143 Å². The fourth-order valence-electron chi connectivity index (χ4n) is 1.95. The molecule has 0 saturated carbocycles. The zero-order valence-corrected chi connectivity index (χ0v) is 15.2. The number of nitrogens with one attached hydrogen (secondary N) is 2. The van der Waals surface area contributed by atoms with Gasteiger partial charge in [-0.05, 0) is 32.4 Å². The van der Waals surface area contributed by atoms with Gasteiger partial charge in [0.1, 0.15) is 0 Å². The minimum absolute atomic E-state index is 0. The van der Waals surface area contributed by atoms with Gasteiger partial charge in [-0.3, -0.25) is 4.79 Å². The van der Waals surface area contributed by atoms with Gasteiger partial charge in [0.15, 0.2) is 0 Å². The molecule has 0 heterocycles. The van der Waals surface area contributed by atoms with Crippen LogP contribution in [-0.2, 0) is 4.79 Å². The SMILES string of the molecule is CC[NH+](CC)CCSCC(=O)Nc1c(C)cccc1Cl.[Cl-]. The van der Waals surface area contributed by atoms with Crippen molar-refractivity contribution in [1.82, 2.24) is 0 Å². The Kier molecular flexibility index (Phi) is 11.0. The summed E-state index contributed by atoms with van der Waals surface area (Å²) < 4.78 is 0. The Morgan fingerprint density at radius 3 is 2.57 bits per heavy atom. The third-order valence-corrected chi connectivity index (χ3v) is 4.59. The van der Waals surface area contributed by atoms with Gasteiger partial charge < -0.3 is 22.6 Å². The summed E-state index contributed by atoms with van der Waals surface area (Å²) in [5.74, 6) is 1.50. The summed E-state index contributed by atoms with van der Waals surface area (Å²) in [6.45, 7) is 9.71. The Balaban J connectivity index is 0.00000400. The molecule has 0 saturated heterocycles. The number of rotatable bonds is 8. The van der Waals surface area contributed by atoms with Crippen LogP contribution >= 0.6 is 23.4 Å². The smallest absolute Gasteiger partial charge is 0.234 e. The normalized spacial score (nSPS) is 10.3. The lowest BCUT2D eigenvalue weighted by Gasteiger charge is -2.14. The standard InChI is InChI=1S/C15H23ClN2OS.ClH/c1-4-18(5-2)9-10-20-11-14(19)17-15-12(3)7-6-8-13(15)16;/h6-8H,4-5,9-11H2,1-3H3,(H,17,19);1H. The molecule has 120 valence electrons. The second-order valence-electron chi connectivity index (χ2n) is 4.74. The largest absolute Gasteiger partial charge is 1.00 e. The van der Waals surface area contributed by atoms with Crippen LogP contribution in [0.25, 0.3) is 0 Å². The molecule has 0 aromatic heterocycles. The molecular formula is C15H24Cl2N2OS. The molecule has 1 aromatic rings. The van der Waals surface area contributed by atoms with Crippen LogP contribution in [0.5, 0.6) is 0 Å². The number of benzene rings is 1. The van der Waals surface area contributed by atoms with Crippen LogP contribution < -0.4 is 22.6 Å². The highest BCUT2D eigenvalue weighted by atomic mass is 35.5. The zero-order valence-electron chi connectivity index (χ0n) is 12.8. The fourth-order valence-corrected chi connectivity index (χ4v) is 3.05. The van der Waals surface area contributed by atoms with E-state index in [4.69, 9.17) is 11.6 Å². The quantitative estimate of drug-likeness (QED) is 0.605. The van der Waals surface area contributed by atoms with Crippen molar-refractivity contribution in [2.75, 3.05) is 36.5 Å². The number of aryl methyl sites for hydroxylation is 1. The fraction of sp³-hybridized carbons (Fsp3) is 0.533.